The van der Waals surface area contributed by atoms with Crippen molar-refractivity contribution >= 4 is 23.4 Å². The van der Waals surface area contributed by atoms with Crippen LogP contribution in [0.4, 0.5) is 0 Å². The number of thioether (sulfide) groups is 1. The van der Waals surface area contributed by atoms with Crippen LogP contribution in [0.25, 0.3) is 0 Å². The molecule has 0 saturated heterocycles. The van der Waals surface area contributed by atoms with Crippen LogP contribution in [-0.4, -0.2) is 44.4 Å². The predicted octanol–water partition coefficient (Wildman–Crippen LogP) is 4.52. The summed E-state index contributed by atoms with van der Waals surface area (Å²) in [6, 6.07) is 17.6. The predicted molar refractivity (Wildman–Crippen MR) is 137 cm³/mol. The number of benzene rings is 2. The molecule has 9 heteroatoms. The number of rotatable bonds is 7. The number of carbonyl (C=O) groups is 1. The fraction of sp³-hybridized carbons (Fsp3) is 0.385. The topological polar surface area (TPSA) is 98.6 Å². The Labute approximate surface area is 209 Å². The Morgan fingerprint density at radius 3 is 2.51 bits per heavy atom. The molecule has 5 rings (SSSR count). The van der Waals surface area contributed by atoms with Gasteiger partial charge in [0.15, 0.2) is 5.82 Å². The largest absolute Gasteiger partial charge is 0.497 e. The van der Waals surface area contributed by atoms with Gasteiger partial charge in [-0.05, 0) is 36.1 Å². The maximum absolute atomic E-state index is 13.4. The van der Waals surface area contributed by atoms with Crippen molar-refractivity contribution in [2.75, 3.05) is 18.7 Å². The minimum atomic E-state index is -0.183. The van der Waals surface area contributed by atoms with Crippen molar-refractivity contribution in [3.8, 4) is 5.75 Å². The van der Waals surface area contributed by atoms with E-state index in [0.717, 1.165) is 41.3 Å². The third-order valence-electron chi connectivity index (χ3n) is 6.76. The molecule has 3 aromatic rings. The third kappa shape index (κ3) is 5.05. The smallest absolute Gasteiger partial charge is 0.253 e. The van der Waals surface area contributed by atoms with E-state index < -0.39 is 0 Å². The summed E-state index contributed by atoms with van der Waals surface area (Å²) < 4.78 is 6.87. The molecule has 8 nitrogen and oxygen atoms in total. The minimum Gasteiger partial charge on any atom is -0.497 e. The summed E-state index contributed by atoms with van der Waals surface area (Å²) in [6.45, 7) is 0. The van der Waals surface area contributed by atoms with Crippen LogP contribution in [0.1, 0.15) is 67.4 Å². The molecule has 182 valence electrons. The zero-order valence-corrected chi connectivity index (χ0v) is 20.7. The molecule has 1 atom stereocenters. The standard InChI is InChI=1S/C26H30N6O2S/c1-34-21-14-12-19(13-15-21)23-16-22(18-8-4-2-5-9-18)30-32(23)24(33)17-35-26-29-28-25(31(26)27)20-10-6-3-7-11-20/h2,4-5,8-9,12-15,20,23H,3,6-7,10-11,16-17,27H2,1H3/t23-/m1/s1. The van der Waals surface area contributed by atoms with Crippen molar-refractivity contribution in [1.82, 2.24) is 19.9 Å². The zero-order valence-electron chi connectivity index (χ0n) is 19.8. The molecule has 2 aliphatic rings. The number of nitrogen functional groups attached to an aromatic ring is 1. The summed E-state index contributed by atoms with van der Waals surface area (Å²) in [4.78, 5) is 13.4. The first kappa shape index (κ1) is 23.4. The molecule has 0 spiro atoms. The number of methoxy groups -OCH3 is 1. The molecule has 0 radical (unpaired) electrons. The molecule has 1 saturated carbocycles. The summed E-state index contributed by atoms with van der Waals surface area (Å²) >= 11 is 1.31. The highest BCUT2D eigenvalue weighted by atomic mass is 32.2. The molecule has 35 heavy (non-hydrogen) atoms. The fourth-order valence-corrected chi connectivity index (χ4v) is 5.57. The number of carbonyl (C=O) groups excluding carboxylic acids is 1. The van der Waals surface area contributed by atoms with E-state index in [-0.39, 0.29) is 17.7 Å². The first-order valence-corrected chi connectivity index (χ1v) is 13.0. The molecule has 1 amide bonds. The molecule has 2 heterocycles. The van der Waals surface area contributed by atoms with Crippen molar-refractivity contribution in [3.05, 3.63) is 71.5 Å². The Morgan fingerprint density at radius 2 is 1.80 bits per heavy atom. The number of amides is 1. The maximum atomic E-state index is 13.4. The van der Waals surface area contributed by atoms with E-state index in [1.165, 1.54) is 31.0 Å². The van der Waals surface area contributed by atoms with E-state index in [4.69, 9.17) is 15.7 Å². The van der Waals surface area contributed by atoms with Gasteiger partial charge in [0.2, 0.25) is 5.16 Å². The Hall–Kier alpha value is -3.33. The second kappa shape index (κ2) is 10.5. The first-order valence-electron chi connectivity index (χ1n) is 12.1. The lowest BCUT2D eigenvalue weighted by Crippen LogP contribution is -2.29. The van der Waals surface area contributed by atoms with Gasteiger partial charge in [-0.1, -0.05) is 73.5 Å². The second-order valence-electron chi connectivity index (χ2n) is 8.98. The minimum absolute atomic E-state index is 0.0936. The number of hydrogen-bond acceptors (Lipinski definition) is 7. The quantitative estimate of drug-likeness (QED) is 0.386. The van der Waals surface area contributed by atoms with Crippen molar-refractivity contribution in [1.29, 1.82) is 0 Å². The Kier molecular flexibility index (Phi) is 7.03. The van der Waals surface area contributed by atoms with Crippen LogP contribution in [0.3, 0.4) is 0 Å². The van der Waals surface area contributed by atoms with Gasteiger partial charge in [-0.15, -0.1) is 10.2 Å². The van der Waals surface area contributed by atoms with Gasteiger partial charge in [0.25, 0.3) is 5.91 Å². The van der Waals surface area contributed by atoms with Crippen LogP contribution in [0.15, 0.2) is 64.9 Å². The van der Waals surface area contributed by atoms with Crippen molar-refractivity contribution in [2.24, 2.45) is 5.10 Å². The van der Waals surface area contributed by atoms with Gasteiger partial charge in [-0.25, -0.2) is 9.69 Å². The molecule has 1 aliphatic heterocycles. The monoisotopic (exact) mass is 490 g/mol. The van der Waals surface area contributed by atoms with Crippen molar-refractivity contribution in [3.63, 3.8) is 0 Å². The van der Waals surface area contributed by atoms with Crippen molar-refractivity contribution in [2.45, 2.75) is 55.6 Å². The van der Waals surface area contributed by atoms with Gasteiger partial charge >= 0.3 is 0 Å². The van der Waals surface area contributed by atoms with Crippen LogP contribution in [-0.2, 0) is 4.79 Å². The Morgan fingerprint density at radius 1 is 1.06 bits per heavy atom. The summed E-state index contributed by atoms with van der Waals surface area (Å²) in [5.74, 6) is 8.36. The normalized spacial score (nSPS) is 18.5. The first-order chi connectivity index (χ1) is 17.1. The lowest BCUT2D eigenvalue weighted by molar-refractivity contribution is -0.130. The van der Waals surface area contributed by atoms with Gasteiger partial charge in [-0.3, -0.25) is 4.79 Å². The van der Waals surface area contributed by atoms with Crippen LogP contribution in [0, 0.1) is 0 Å². The number of ether oxygens (including phenoxy) is 1. The van der Waals surface area contributed by atoms with Gasteiger partial charge < -0.3 is 10.6 Å². The van der Waals surface area contributed by atoms with Gasteiger partial charge in [0.05, 0.1) is 24.6 Å². The summed E-state index contributed by atoms with van der Waals surface area (Å²) in [6.07, 6.45) is 6.48. The zero-order chi connectivity index (χ0) is 24.2. The SMILES string of the molecule is COc1ccc([C@H]2CC(c3ccccc3)=NN2C(=O)CSc2nnc(C3CCCCC3)n2N)cc1. The second-order valence-corrected chi connectivity index (χ2v) is 9.92. The molecule has 2 N–H and O–H groups in total. The Bertz CT molecular complexity index is 1190. The van der Waals surface area contributed by atoms with Crippen LogP contribution in [0.5, 0.6) is 5.75 Å². The highest BCUT2D eigenvalue weighted by Crippen LogP contribution is 2.35. The lowest BCUT2D eigenvalue weighted by Gasteiger charge is -2.22. The molecule has 1 aromatic heterocycles. The molecular formula is C26H30N6O2S. The number of hydrogen-bond donors (Lipinski definition) is 1. The summed E-state index contributed by atoms with van der Waals surface area (Å²) in [5, 5.41) is 15.5. The molecule has 0 bridgehead atoms. The summed E-state index contributed by atoms with van der Waals surface area (Å²) in [7, 11) is 1.64. The van der Waals surface area contributed by atoms with E-state index >= 15 is 0 Å². The summed E-state index contributed by atoms with van der Waals surface area (Å²) in [5.41, 5.74) is 2.93. The van der Waals surface area contributed by atoms with E-state index in [9.17, 15) is 4.79 Å². The molecule has 2 aromatic carbocycles. The number of nitrogens with two attached hydrogens (primary N) is 1. The van der Waals surface area contributed by atoms with E-state index in [1.54, 1.807) is 16.8 Å². The van der Waals surface area contributed by atoms with Crippen LogP contribution < -0.4 is 10.6 Å². The molecular weight excluding hydrogens is 460 g/mol. The van der Waals surface area contributed by atoms with Gasteiger partial charge in [0.1, 0.15) is 5.75 Å². The highest BCUT2D eigenvalue weighted by molar-refractivity contribution is 7.99. The maximum Gasteiger partial charge on any atom is 0.253 e. The highest BCUT2D eigenvalue weighted by Gasteiger charge is 2.33. The number of nitrogens with zero attached hydrogens (tertiary/aromatic N) is 5. The lowest BCUT2D eigenvalue weighted by atomic mass is 9.89. The third-order valence-corrected chi connectivity index (χ3v) is 7.69. The van der Waals surface area contributed by atoms with Crippen molar-refractivity contribution < 1.29 is 9.53 Å². The average Bonchev–Trinajstić information content (AvgIpc) is 3.52. The van der Waals surface area contributed by atoms with Gasteiger partial charge in [0, 0.05) is 12.3 Å². The van der Waals surface area contributed by atoms with E-state index in [2.05, 4.69) is 10.2 Å². The van der Waals surface area contributed by atoms with Crippen LogP contribution in [0.2, 0.25) is 0 Å². The van der Waals surface area contributed by atoms with Gasteiger partial charge in [-0.2, -0.15) is 5.10 Å². The fourth-order valence-electron chi connectivity index (χ4n) is 4.85. The van der Waals surface area contributed by atoms with E-state index in [0.29, 0.717) is 17.5 Å². The average molecular weight is 491 g/mol. The number of hydrazone groups is 1. The molecule has 1 fully saturated rings. The Balaban J connectivity index is 1.33. The number of aromatic nitrogens is 3. The van der Waals surface area contributed by atoms with E-state index in [1.807, 2.05) is 54.6 Å². The molecule has 0 unspecified atom stereocenters. The van der Waals surface area contributed by atoms with Crippen LogP contribution >= 0.6 is 11.8 Å². The molecule has 1 aliphatic carbocycles.